The quantitative estimate of drug-likeness (QED) is 0.396. The fourth-order valence-corrected chi connectivity index (χ4v) is 6.42. The summed E-state index contributed by atoms with van der Waals surface area (Å²) in [7, 11) is -1.69. The molecule has 0 aliphatic heterocycles. The van der Waals surface area contributed by atoms with E-state index in [-0.39, 0.29) is 0 Å². The molecule has 0 aliphatic rings. The van der Waals surface area contributed by atoms with Gasteiger partial charge >= 0.3 is 0 Å². The Kier molecular flexibility index (Phi) is 5.21. The maximum atomic E-state index is 4.75. The molecular formula is C27H27NSi. The van der Waals surface area contributed by atoms with E-state index in [4.69, 9.17) is 4.98 Å². The first-order valence-electron chi connectivity index (χ1n) is 10.2. The van der Waals surface area contributed by atoms with Crippen LogP contribution in [0.2, 0.25) is 13.1 Å². The highest BCUT2D eigenvalue weighted by Crippen LogP contribution is 2.28. The molecule has 0 fully saturated rings. The van der Waals surface area contributed by atoms with Crippen molar-refractivity contribution >= 4 is 18.4 Å². The predicted molar refractivity (Wildman–Crippen MR) is 128 cm³/mol. The van der Waals surface area contributed by atoms with Crippen LogP contribution >= 0.6 is 0 Å². The van der Waals surface area contributed by atoms with Crippen molar-refractivity contribution in [3.8, 4) is 22.4 Å². The van der Waals surface area contributed by atoms with E-state index in [1.54, 1.807) is 0 Å². The number of aromatic nitrogens is 1. The number of benzene rings is 3. The van der Waals surface area contributed by atoms with Crippen LogP contribution in [-0.4, -0.2) is 13.1 Å². The summed E-state index contributed by atoms with van der Waals surface area (Å²) < 4.78 is 0. The van der Waals surface area contributed by atoms with Crippen molar-refractivity contribution in [3.05, 3.63) is 102 Å². The van der Waals surface area contributed by atoms with Crippen molar-refractivity contribution in [3.63, 3.8) is 0 Å². The minimum absolute atomic E-state index is 1.03. The van der Waals surface area contributed by atoms with Crippen molar-refractivity contribution in [1.82, 2.24) is 4.98 Å². The second-order valence-electron chi connectivity index (χ2n) is 8.27. The van der Waals surface area contributed by atoms with Gasteiger partial charge in [0.05, 0.1) is 5.69 Å². The Hall–Kier alpha value is -2.97. The minimum Gasteiger partial charge on any atom is -0.256 e. The van der Waals surface area contributed by atoms with Gasteiger partial charge in [-0.3, -0.25) is 4.98 Å². The summed E-state index contributed by atoms with van der Waals surface area (Å²) in [5.74, 6) is 0. The van der Waals surface area contributed by atoms with E-state index in [9.17, 15) is 0 Å². The van der Waals surface area contributed by atoms with Crippen molar-refractivity contribution in [2.75, 3.05) is 0 Å². The molecule has 0 saturated heterocycles. The van der Waals surface area contributed by atoms with Crippen LogP contribution in [0.15, 0.2) is 91.1 Å². The first-order valence-corrected chi connectivity index (χ1v) is 13.2. The summed E-state index contributed by atoms with van der Waals surface area (Å²) in [6, 6.07) is 30.5. The van der Waals surface area contributed by atoms with E-state index in [0.717, 1.165) is 11.3 Å². The van der Waals surface area contributed by atoms with Crippen LogP contribution in [0, 0.1) is 13.8 Å². The molecular weight excluding hydrogens is 366 g/mol. The monoisotopic (exact) mass is 393 g/mol. The zero-order chi connectivity index (χ0) is 20.4. The number of nitrogens with zero attached hydrogens (tertiary/aromatic N) is 1. The van der Waals surface area contributed by atoms with Gasteiger partial charge in [0.1, 0.15) is 8.07 Å². The second-order valence-corrected chi connectivity index (χ2v) is 12.7. The summed E-state index contributed by atoms with van der Waals surface area (Å²) in [6.07, 6.45) is 2.03. The summed E-state index contributed by atoms with van der Waals surface area (Å²) >= 11 is 0. The molecule has 0 atom stereocenters. The maximum absolute atomic E-state index is 4.75. The van der Waals surface area contributed by atoms with Crippen molar-refractivity contribution in [2.24, 2.45) is 0 Å². The molecule has 1 heterocycles. The molecule has 1 nitrogen and oxygen atoms in total. The van der Waals surface area contributed by atoms with Crippen molar-refractivity contribution in [2.45, 2.75) is 26.9 Å². The molecule has 144 valence electrons. The van der Waals surface area contributed by atoms with Crippen LogP contribution in [0.1, 0.15) is 11.1 Å². The lowest BCUT2D eigenvalue weighted by Gasteiger charge is -2.25. The number of hydrogen-bond acceptors (Lipinski definition) is 1. The lowest BCUT2D eigenvalue weighted by molar-refractivity contribution is 1.28. The maximum Gasteiger partial charge on any atom is 0.112 e. The Morgan fingerprint density at radius 2 is 1.24 bits per heavy atom. The molecule has 0 N–H and O–H groups in total. The van der Waals surface area contributed by atoms with Crippen molar-refractivity contribution < 1.29 is 0 Å². The largest absolute Gasteiger partial charge is 0.256 e. The Balaban J connectivity index is 1.70. The molecule has 0 saturated carbocycles. The van der Waals surface area contributed by atoms with Gasteiger partial charge in [-0.25, -0.2) is 0 Å². The summed E-state index contributed by atoms with van der Waals surface area (Å²) in [5, 5.41) is 2.94. The van der Waals surface area contributed by atoms with E-state index >= 15 is 0 Å². The van der Waals surface area contributed by atoms with E-state index < -0.39 is 8.07 Å². The Morgan fingerprint density at radius 1 is 0.621 bits per heavy atom. The molecule has 4 aromatic rings. The first kappa shape index (κ1) is 19.3. The van der Waals surface area contributed by atoms with Crippen LogP contribution in [0.3, 0.4) is 0 Å². The molecule has 3 aromatic carbocycles. The zero-order valence-electron chi connectivity index (χ0n) is 17.6. The van der Waals surface area contributed by atoms with E-state index in [1.807, 2.05) is 12.3 Å². The molecule has 4 rings (SSSR count). The highest BCUT2D eigenvalue weighted by molar-refractivity contribution is 7.00. The average molecular weight is 394 g/mol. The Labute approximate surface area is 175 Å². The molecule has 29 heavy (non-hydrogen) atoms. The Bertz CT molecular complexity index is 1130. The van der Waals surface area contributed by atoms with Gasteiger partial charge in [0.2, 0.25) is 0 Å². The molecule has 0 unspecified atom stereocenters. The highest BCUT2D eigenvalue weighted by Gasteiger charge is 2.26. The van der Waals surface area contributed by atoms with Crippen LogP contribution in [0.25, 0.3) is 22.4 Å². The van der Waals surface area contributed by atoms with Gasteiger partial charge in [0, 0.05) is 17.3 Å². The average Bonchev–Trinajstić information content (AvgIpc) is 2.75. The molecule has 2 heteroatoms. The van der Waals surface area contributed by atoms with Gasteiger partial charge in [-0.1, -0.05) is 102 Å². The Morgan fingerprint density at radius 3 is 1.86 bits per heavy atom. The highest BCUT2D eigenvalue weighted by atomic mass is 28.3. The zero-order valence-corrected chi connectivity index (χ0v) is 18.6. The summed E-state index contributed by atoms with van der Waals surface area (Å²) in [6.45, 7) is 9.26. The number of pyridine rings is 1. The van der Waals surface area contributed by atoms with Crippen LogP contribution in [-0.2, 0) is 0 Å². The van der Waals surface area contributed by atoms with Gasteiger partial charge in [0.15, 0.2) is 0 Å². The molecule has 0 amide bonds. The van der Waals surface area contributed by atoms with E-state index in [0.29, 0.717) is 0 Å². The van der Waals surface area contributed by atoms with Crippen LogP contribution in [0.4, 0.5) is 0 Å². The third-order valence-corrected chi connectivity index (χ3v) is 9.45. The van der Waals surface area contributed by atoms with Gasteiger partial charge in [-0.15, -0.1) is 0 Å². The minimum atomic E-state index is -1.69. The normalized spacial score (nSPS) is 11.4. The SMILES string of the molecule is Cc1cc([Si](C)(C)c2ccccc2)ccc1-c1cnc(-c2ccccc2)cc1C. The third-order valence-electron chi connectivity index (χ3n) is 5.91. The lowest BCUT2D eigenvalue weighted by atomic mass is 9.97. The third kappa shape index (κ3) is 3.81. The lowest BCUT2D eigenvalue weighted by Crippen LogP contribution is -2.52. The van der Waals surface area contributed by atoms with E-state index in [1.165, 1.54) is 32.6 Å². The topological polar surface area (TPSA) is 12.9 Å². The first-order chi connectivity index (χ1) is 14.0. The standard InChI is InChI=1S/C27H27NSi/c1-20-17-24(29(3,4)23-13-9-6-10-14-23)15-16-25(20)26-19-28-27(18-21(26)2)22-11-7-5-8-12-22/h5-19H,1-4H3. The van der Waals surface area contributed by atoms with Gasteiger partial charge in [-0.2, -0.15) is 0 Å². The molecule has 1 aromatic heterocycles. The predicted octanol–water partition coefficient (Wildman–Crippen LogP) is 5.86. The van der Waals surface area contributed by atoms with E-state index in [2.05, 4.69) is 106 Å². The molecule has 0 bridgehead atoms. The van der Waals surface area contributed by atoms with Crippen LogP contribution < -0.4 is 10.4 Å². The summed E-state index contributed by atoms with van der Waals surface area (Å²) in [4.78, 5) is 4.75. The second kappa shape index (κ2) is 7.80. The van der Waals surface area contributed by atoms with Crippen molar-refractivity contribution in [1.29, 1.82) is 0 Å². The fourth-order valence-electron chi connectivity index (χ4n) is 3.98. The van der Waals surface area contributed by atoms with Crippen LogP contribution in [0.5, 0.6) is 0 Å². The number of hydrogen-bond donors (Lipinski definition) is 0. The molecule has 0 radical (unpaired) electrons. The molecule has 0 aliphatic carbocycles. The van der Waals surface area contributed by atoms with Gasteiger partial charge < -0.3 is 0 Å². The number of rotatable bonds is 4. The fraction of sp³-hybridized carbons (Fsp3) is 0.148. The van der Waals surface area contributed by atoms with Gasteiger partial charge in [-0.05, 0) is 36.6 Å². The smallest absolute Gasteiger partial charge is 0.112 e. The summed E-state index contributed by atoms with van der Waals surface area (Å²) in [5.41, 5.74) is 7.25. The van der Waals surface area contributed by atoms with Gasteiger partial charge in [0.25, 0.3) is 0 Å². The molecule has 0 spiro atoms. The number of aryl methyl sites for hydroxylation is 2.